The highest BCUT2D eigenvalue weighted by Gasteiger charge is 2.30. The Morgan fingerprint density at radius 1 is 1.15 bits per heavy atom. The van der Waals surface area contributed by atoms with E-state index in [9.17, 15) is 4.79 Å². The predicted molar refractivity (Wildman–Crippen MR) is 82.4 cm³/mol. The maximum Gasteiger partial charge on any atom is 0.306 e. The lowest BCUT2D eigenvalue weighted by molar-refractivity contribution is -0.143. The molecule has 3 rings (SSSR count). The number of nitrogens with zero attached hydrogens (tertiary/aromatic N) is 1. The molecule has 1 aliphatic rings. The first-order chi connectivity index (χ1) is 9.75. The summed E-state index contributed by atoms with van der Waals surface area (Å²) in [4.78, 5) is 13.5. The fraction of sp³-hybridized carbons (Fsp3) is 0.400. The van der Waals surface area contributed by atoms with Crippen molar-refractivity contribution in [3.05, 3.63) is 44.8 Å². The molecule has 0 amide bonds. The van der Waals surface area contributed by atoms with Crippen molar-refractivity contribution in [1.82, 2.24) is 4.90 Å². The standard InChI is InChI=1S/C15H17NO2S2/c17-15(18)11-1-5-16(6-2-11)14(12-3-7-19-9-12)13-4-8-20-10-13/h3-4,7-11,14H,1-2,5-6H2,(H,17,18). The second-order valence-corrected chi connectivity index (χ2v) is 6.72. The first-order valence-corrected chi connectivity index (χ1v) is 8.65. The first kappa shape index (κ1) is 13.8. The summed E-state index contributed by atoms with van der Waals surface area (Å²) in [6.45, 7) is 1.71. The minimum atomic E-state index is -0.646. The number of carbonyl (C=O) groups is 1. The van der Waals surface area contributed by atoms with Crippen LogP contribution in [-0.2, 0) is 4.79 Å². The molecule has 0 atom stereocenters. The molecule has 2 aromatic heterocycles. The third-order valence-corrected chi connectivity index (χ3v) is 5.36. The second-order valence-electron chi connectivity index (χ2n) is 5.16. The molecule has 3 heterocycles. The van der Waals surface area contributed by atoms with E-state index in [0.717, 1.165) is 25.9 Å². The normalized spacial score (nSPS) is 17.6. The Kier molecular flexibility index (Phi) is 4.19. The molecular weight excluding hydrogens is 290 g/mol. The lowest BCUT2D eigenvalue weighted by atomic mass is 9.93. The molecule has 0 saturated carbocycles. The summed E-state index contributed by atoms with van der Waals surface area (Å²) >= 11 is 3.43. The minimum Gasteiger partial charge on any atom is -0.481 e. The molecule has 1 saturated heterocycles. The molecule has 5 heteroatoms. The van der Waals surface area contributed by atoms with Crippen LogP contribution in [0.15, 0.2) is 33.7 Å². The van der Waals surface area contributed by atoms with Gasteiger partial charge in [-0.25, -0.2) is 0 Å². The van der Waals surface area contributed by atoms with Gasteiger partial charge in [0.15, 0.2) is 0 Å². The number of rotatable bonds is 4. The Bertz CT molecular complexity index is 508. The van der Waals surface area contributed by atoms with E-state index in [1.807, 2.05) is 0 Å². The zero-order chi connectivity index (χ0) is 13.9. The lowest BCUT2D eigenvalue weighted by Crippen LogP contribution is -2.39. The lowest BCUT2D eigenvalue weighted by Gasteiger charge is -2.36. The summed E-state index contributed by atoms with van der Waals surface area (Å²) in [5.74, 6) is -0.816. The molecule has 3 nitrogen and oxygen atoms in total. The molecule has 20 heavy (non-hydrogen) atoms. The largest absolute Gasteiger partial charge is 0.481 e. The minimum absolute atomic E-state index is 0.170. The second kappa shape index (κ2) is 6.08. The van der Waals surface area contributed by atoms with Crippen molar-refractivity contribution < 1.29 is 9.90 Å². The van der Waals surface area contributed by atoms with Gasteiger partial charge in [-0.2, -0.15) is 22.7 Å². The van der Waals surface area contributed by atoms with Crippen molar-refractivity contribution in [3.8, 4) is 0 Å². The van der Waals surface area contributed by atoms with Gasteiger partial charge in [0.1, 0.15) is 0 Å². The monoisotopic (exact) mass is 307 g/mol. The van der Waals surface area contributed by atoms with Crippen molar-refractivity contribution in [3.63, 3.8) is 0 Å². The van der Waals surface area contributed by atoms with Crippen LogP contribution in [0.1, 0.15) is 30.0 Å². The highest BCUT2D eigenvalue weighted by molar-refractivity contribution is 7.08. The average Bonchev–Trinajstić information content (AvgIpc) is 3.13. The van der Waals surface area contributed by atoms with E-state index >= 15 is 0 Å². The molecule has 106 valence electrons. The summed E-state index contributed by atoms with van der Waals surface area (Å²) in [5.41, 5.74) is 2.64. The quantitative estimate of drug-likeness (QED) is 0.936. The van der Waals surface area contributed by atoms with E-state index in [0.29, 0.717) is 0 Å². The van der Waals surface area contributed by atoms with Gasteiger partial charge in [0.25, 0.3) is 0 Å². The number of piperidine rings is 1. The van der Waals surface area contributed by atoms with Crippen molar-refractivity contribution in [2.75, 3.05) is 13.1 Å². The number of carboxylic acids is 1. The smallest absolute Gasteiger partial charge is 0.306 e. The van der Waals surface area contributed by atoms with E-state index in [1.165, 1.54) is 11.1 Å². The molecule has 0 unspecified atom stereocenters. The molecule has 1 N–H and O–H groups in total. The maximum atomic E-state index is 11.1. The van der Waals surface area contributed by atoms with Gasteiger partial charge in [0.05, 0.1) is 12.0 Å². The summed E-state index contributed by atoms with van der Waals surface area (Å²) in [5, 5.41) is 17.7. The number of carboxylic acid groups (broad SMARTS) is 1. The van der Waals surface area contributed by atoms with Crippen molar-refractivity contribution >= 4 is 28.6 Å². The van der Waals surface area contributed by atoms with E-state index in [4.69, 9.17) is 5.11 Å². The maximum absolute atomic E-state index is 11.1. The Labute approximate surface area is 126 Å². The van der Waals surface area contributed by atoms with Crippen LogP contribution in [-0.4, -0.2) is 29.1 Å². The Morgan fingerprint density at radius 2 is 1.70 bits per heavy atom. The highest BCUT2D eigenvalue weighted by Crippen LogP contribution is 2.34. The van der Waals surface area contributed by atoms with E-state index in [1.54, 1.807) is 22.7 Å². The molecule has 1 aliphatic heterocycles. The zero-order valence-corrected chi connectivity index (χ0v) is 12.7. The van der Waals surface area contributed by atoms with Gasteiger partial charge in [0, 0.05) is 0 Å². The predicted octanol–water partition coefficient (Wildman–Crippen LogP) is 3.70. The summed E-state index contributed by atoms with van der Waals surface area (Å²) in [6, 6.07) is 4.63. The zero-order valence-electron chi connectivity index (χ0n) is 11.1. The van der Waals surface area contributed by atoms with Gasteiger partial charge < -0.3 is 5.11 Å². The van der Waals surface area contributed by atoms with Crippen LogP contribution in [0.25, 0.3) is 0 Å². The number of hydrogen-bond acceptors (Lipinski definition) is 4. The van der Waals surface area contributed by atoms with Crippen molar-refractivity contribution in [1.29, 1.82) is 0 Å². The summed E-state index contributed by atoms with van der Waals surface area (Å²) in [6.07, 6.45) is 1.50. The van der Waals surface area contributed by atoms with E-state index in [2.05, 4.69) is 38.6 Å². The van der Waals surface area contributed by atoms with Gasteiger partial charge >= 0.3 is 5.97 Å². The van der Waals surface area contributed by atoms with Crippen molar-refractivity contribution in [2.24, 2.45) is 5.92 Å². The molecular formula is C15H17NO2S2. The number of aliphatic carboxylic acids is 1. The molecule has 0 radical (unpaired) electrons. The van der Waals surface area contributed by atoms with Gasteiger partial charge in [-0.15, -0.1) is 0 Å². The van der Waals surface area contributed by atoms with Gasteiger partial charge in [-0.05, 0) is 70.7 Å². The fourth-order valence-corrected chi connectivity index (χ4v) is 4.24. The number of thiophene rings is 2. The van der Waals surface area contributed by atoms with Crippen LogP contribution >= 0.6 is 22.7 Å². The fourth-order valence-electron chi connectivity index (χ4n) is 2.88. The summed E-state index contributed by atoms with van der Waals surface area (Å²) < 4.78 is 0. The highest BCUT2D eigenvalue weighted by atomic mass is 32.1. The molecule has 0 aromatic carbocycles. The first-order valence-electron chi connectivity index (χ1n) is 6.77. The van der Waals surface area contributed by atoms with E-state index in [-0.39, 0.29) is 12.0 Å². The van der Waals surface area contributed by atoms with Crippen LogP contribution in [0.3, 0.4) is 0 Å². The third-order valence-electron chi connectivity index (χ3n) is 3.96. The molecule has 1 fully saturated rings. The molecule has 0 bridgehead atoms. The van der Waals surface area contributed by atoms with Crippen LogP contribution in [0, 0.1) is 5.92 Å². The Morgan fingerprint density at radius 3 is 2.10 bits per heavy atom. The third kappa shape index (κ3) is 2.80. The van der Waals surface area contributed by atoms with Crippen molar-refractivity contribution in [2.45, 2.75) is 18.9 Å². The molecule has 2 aromatic rings. The van der Waals surface area contributed by atoms with Crippen LogP contribution in [0.5, 0.6) is 0 Å². The number of hydrogen-bond donors (Lipinski definition) is 1. The Hall–Kier alpha value is -1.17. The van der Waals surface area contributed by atoms with Gasteiger partial charge in [-0.1, -0.05) is 0 Å². The van der Waals surface area contributed by atoms with Crippen LogP contribution in [0.2, 0.25) is 0 Å². The van der Waals surface area contributed by atoms with Gasteiger partial charge in [-0.3, -0.25) is 9.69 Å². The van der Waals surface area contributed by atoms with Gasteiger partial charge in [0.2, 0.25) is 0 Å². The summed E-state index contributed by atoms with van der Waals surface area (Å²) in [7, 11) is 0. The van der Waals surface area contributed by atoms with Crippen LogP contribution in [0.4, 0.5) is 0 Å². The van der Waals surface area contributed by atoms with Crippen LogP contribution < -0.4 is 0 Å². The Balaban J connectivity index is 1.80. The molecule has 0 aliphatic carbocycles. The topological polar surface area (TPSA) is 40.5 Å². The average molecular weight is 307 g/mol. The molecule has 0 spiro atoms. The van der Waals surface area contributed by atoms with E-state index < -0.39 is 5.97 Å². The number of likely N-dealkylation sites (tertiary alicyclic amines) is 1. The SMILES string of the molecule is O=C(O)C1CCN(C(c2ccsc2)c2ccsc2)CC1.